The van der Waals surface area contributed by atoms with E-state index in [4.69, 9.17) is 0 Å². The summed E-state index contributed by atoms with van der Waals surface area (Å²) in [7, 11) is 0. The van der Waals surface area contributed by atoms with Crippen molar-refractivity contribution in [2.45, 2.75) is 26.3 Å². The van der Waals surface area contributed by atoms with Gasteiger partial charge in [0.15, 0.2) is 0 Å². The first-order valence-corrected chi connectivity index (χ1v) is 7.55. The Morgan fingerprint density at radius 3 is 3.14 bits per heavy atom. The number of carbonyl (C=O) groups excluding carboxylic acids is 1. The van der Waals surface area contributed by atoms with E-state index in [9.17, 15) is 4.79 Å². The van der Waals surface area contributed by atoms with Crippen molar-refractivity contribution in [2.24, 2.45) is 0 Å². The highest BCUT2D eigenvalue weighted by atomic mass is 16.1. The highest BCUT2D eigenvalue weighted by Gasteiger charge is 2.14. The maximum absolute atomic E-state index is 12.1. The second kappa shape index (κ2) is 6.65. The van der Waals surface area contributed by atoms with Crippen LogP contribution in [0.5, 0.6) is 0 Å². The lowest BCUT2D eigenvalue weighted by atomic mass is 10.2. The summed E-state index contributed by atoms with van der Waals surface area (Å²) in [6, 6.07) is 1.83. The van der Waals surface area contributed by atoms with E-state index in [1.807, 2.05) is 13.0 Å². The Morgan fingerprint density at radius 1 is 1.36 bits per heavy atom. The van der Waals surface area contributed by atoms with E-state index < -0.39 is 0 Å². The maximum Gasteiger partial charge on any atom is 0.252 e. The van der Waals surface area contributed by atoms with E-state index in [1.165, 1.54) is 0 Å². The van der Waals surface area contributed by atoms with Gasteiger partial charge in [-0.2, -0.15) is 0 Å². The molecular weight excluding hydrogens is 280 g/mol. The number of fused-ring (bicyclic) bond motifs is 1. The van der Waals surface area contributed by atoms with Gasteiger partial charge in [-0.3, -0.25) is 9.78 Å². The fraction of sp³-hybridized carbons (Fsp3) is 0.467. The molecule has 0 spiro atoms. The van der Waals surface area contributed by atoms with Crippen LogP contribution in [0, 0.1) is 6.92 Å². The van der Waals surface area contributed by atoms with Crippen LogP contribution in [-0.4, -0.2) is 45.3 Å². The monoisotopic (exact) mass is 300 g/mol. The van der Waals surface area contributed by atoms with E-state index in [0.717, 1.165) is 43.3 Å². The van der Waals surface area contributed by atoms with Gasteiger partial charge in [-0.15, -0.1) is 10.2 Å². The molecule has 7 nitrogen and oxygen atoms in total. The van der Waals surface area contributed by atoms with Crippen LogP contribution >= 0.6 is 0 Å². The molecule has 1 amide bonds. The first-order valence-electron chi connectivity index (χ1n) is 7.55. The highest BCUT2D eigenvalue weighted by molar-refractivity contribution is 5.93. The fourth-order valence-electron chi connectivity index (χ4n) is 2.59. The van der Waals surface area contributed by atoms with Crippen LogP contribution in [0.25, 0.3) is 0 Å². The number of hydrogen-bond donors (Lipinski definition) is 2. The Bertz CT molecular complexity index is 666. The number of aryl methyl sites for hydroxylation is 1. The van der Waals surface area contributed by atoms with E-state index >= 15 is 0 Å². The number of carbonyl (C=O) groups is 1. The van der Waals surface area contributed by atoms with Crippen LogP contribution in [0.4, 0.5) is 0 Å². The number of amides is 1. The molecule has 0 saturated heterocycles. The lowest BCUT2D eigenvalue weighted by molar-refractivity contribution is 0.0953. The van der Waals surface area contributed by atoms with Crippen molar-refractivity contribution in [1.29, 1.82) is 0 Å². The van der Waals surface area contributed by atoms with Gasteiger partial charge in [0.05, 0.1) is 5.56 Å². The van der Waals surface area contributed by atoms with Gasteiger partial charge in [-0.1, -0.05) is 0 Å². The van der Waals surface area contributed by atoms with Crippen molar-refractivity contribution in [3.63, 3.8) is 0 Å². The summed E-state index contributed by atoms with van der Waals surface area (Å²) < 4.78 is 2.15. The molecule has 0 bridgehead atoms. The molecule has 0 radical (unpaired) electrons. The summed E-state index contributed by atoms with van der Waals surface area (Å²) in [6.07, 6.45) is 4.89. The molecule has 1 aliphatic heterocycles. The van der Waals surface area contributed by atoms with Gasteiger partial charge in [0, 0.05) is 51.4 Å². The molecule has 2 aromatic heterocycles. The predicted molar refractivity (Wildman–Crippen MR) is 81.6 cm³/mol. The molecule has 1 aliphatic rings. The Hall–Kier alpha value is -2.28. The van der Waals surface area contributed by atoms with Crippen molar-refractivity contribution >= 4 is 5.91 Å². The third-order valence-electron chi connectivity index (χ3n) is 3.71. The number of nitrogens with zero attached hydrogens (tertiary/aromatic N) is 4. The molecule has 0 unspecified atom stereocenters. The van der Waals surface area contributed by atoms with Crippen LogP contribution in [0.3, 0.4) is 0 Å². The van der Waals surface area contributed by atoms with Gasteiger partial charge >= 0.3 is 0 Å². The molecule has 0 aliphatic carbocycles. The highest BCUT2D eigenvalue weighted by Crippen LogP contribution is 2.06. The molecule has 0 atom stereocenters. The third-order valence-corrected chi connectivity index (χ3v) is 3.71. The first-order chi connectivity index (χ1) is 10.7. The zero-order chi connectivity index (χ0) is 15.4. The quantitative estimate of drug-likeness (QED) is 0.836. The summed E-state index contributed by atoms with van der Waals surface area (Å²) in [4.78, 5) is 16.1. The van der Waals surface area contributed by atoms with Crippen LogP contribution in [0.1, 0.15) is 27.6 Å². The predicted octanol–water partition coefficient (Wildman–Crippen LogP) is 0.0997. The van der Waals surface area contributed by atoms with Crippen LogP contribution in [0.15, 0.2) is 18.5 Å². The maximum atomic E-state index is 12.1. The van der Waals surface area contributed by atoms with Crippen molar-refractivity contribution in [1.82, 2.24) is 30.4 Å². The standard InChI is InChI=1S/C15H20N6O/c1-11-8-12(10-17-9-11)15(22)18-5-3-14-20-19-13-2-4-16-6-7-21(13)14/h8-10,16H,2-7H2,1H3,(H,18,22). The summed E-state index contributed by atoms with van der Waals surface area (Å²) in [5.41, 5.74) is 1.56. The molecule has 0 aromatic carbocycles. The summed E-state index contributed by atoms with van der Waals surface area (Å²) in [5.74, 6) is 1.85. The smallest absolute Gasteiger partial charge is 0.252 e. The molecule has 0 fully saturated rings. The van der Waals surface area contributed by atoms with Crippen molar-refractivity contribution in [2.75, 3.05) is 19.6 Å². The lowest BCUT2D eigenvalue weighted by Crippen LogP contribution is -2.27. The largest absolute Gasteiger partial charge is 0.352 e. The van der Waals surface area contributed by atoms with Crippen LogP contribution < -0.4 is 10.6 Å². The molecule has 7 heteroatoms. The van der Waals surface area contributed by atoms with E-state index in [1.54, 1.807) is 12.4 Å². The minimum absolute atomic E-state index is 0.103. The first kappa shape index (κ1) is 14.6. The van der Waals surface area contributed by atoms with Gasteiger partial charge in [0.2, 0.25) is 0 Å². The number of nitrogens with one attached hydrogen (secondary N) is 2. The fourth-order valence-corrected chi connectivity index (χ4v) is 2.59. The van der Waals surface area contributed by atoms with Crippen molar-refractivity contribution < 1.29 is 4.79 Å². The Labute approximate surface area is 129 Å². The van der Waals surface area contributed by atoms with Crippen molar-refractivity contribution in [3.8, 4) is 0 Å². The van der Waals surface area contributed by atoms with Crippen molar-refractivity contribution in [3.05, 3.63) is 41.2 Å². The summed E-state index contributed by atoms with van der Waals surface area (Å²) in [5, 5.41) is 14.7. The van der Waals surface area contributed by atoms with Gasteiger partial charge in [-0.25, -0.2) is 0 Å². The van der Waals surface area contributed by atoms with Gasteiger partial charge < -0.3 is 15.2 Å². The van der Waals surface area contributed by atoms with Crippen LogP contribution in [-0.2, 0) is 19.4 Å². The molecule has 116 valence electrons. The molecule has 2 aromatic rings. The van der Waals surface area contributed by atoms with Crippen LogP contribution in [0.2, 0.25) is 0 Å². The average molecular weight is 300 g/mol. The molecule has 22 heavy (non-hydrogen) atoms. The number of aromatic nitrogens is 4. The number of hydrogen-bond acceptors (Lipinski definition) is 5. The second-order valence-electron chi connectivity index (χ2n) is 5.44. The average Bonchev–Trinajstić information content (AvgIpc) is 2.75. The minimum Gasteiger partial charge on any atom is -0.352 e. The summed E-state index contributed by atoms with van der Waals surface area (Å²) in [6.45, 7) is 5.21. The molecule has 2 N–H and O–H groups in total. The van der Waals surface area contributed by atoms with Gasteiger partial charge in [-0.05, 0) is 18.6 Å². The lowest BCUT2D eigenvalue weighted by Gasteiger charge is -2.08. The second-order valence-corrected chi connectivity index (χ2v) is 5.44. The zero-order valence-corrected chi connectivity index (χ0v) is 12.7. The van der Waals surface area contributed by atoms with E-state index in [-0.39, 0.29) is 5.91 Å². The zero-order valence-electron chi connectivity index (χ0n) is 12.7. The Morgan fingerprint density at radius 2 is 2.27 bits per heavy atom. The van der Waals surface area contributed by atoms with Gasteiger partial charge in [0.25, 0.3) is 5.91 Å². The normalized spacial score (nSPS) is 14.2. The minimum atomic E-state index is -0.103. The topological polar surface area (TPSA) is 84.7 Å². The van der Waals surface area contributed by atoms with E-state index in [2.05, 4.69) is 30.4 Å². The molecule has 0 saturated carbocycles. The number of rotatable bonds is 4. The molecular formula is C15H20N6O. The van der Waals surface area contributed by atoms with Gasteiger partial charge in [0.1, 0.15) is 11.6 Å². The Kier molecular flexibility index (Phi) is 4.43. The third kappa shape index (κ3) is 3.30. The number of pyridine rings is 1. The molecule has 3 heterocycles. The van der Waals surface area contributed by atoms with E-state index in [0.29, 0.717) is 18.5 Å². The summed E-state index contributed by atoms with van der Waals surface area (Å²) >= 11 is 0. The SMILES string of the molecule is Cc1cncc(C(=O)NCCc2nnc3n2CCNCC3)c1. The molecule has 3 rings (SSSR count). The Balaban J connectivity index is 1.57.